The number of rotatable bonds is 3. The molecule has 7 heteroatoms. The highest BCUT2D eigenvalue weighted by Gasteiger charge is 2.26. The standard InChI is InChI=1S/C24H22FN5O/c1-14-11-18(7-9-26-14)23-20-12-17-8-10-30(15(2)16-3-5-19(25)6-4-16)24(31)27-21(17)13-22(20)28-29-23/h3-7,9,11-13,15H,8,10H2,1-2H3,(H,27,31)(H,28,29). The Bertz CT molecular complexity index is 1280. The molecule has 0 spiro atoms. The number of H-pyrrole nitrogens is 1. The Labute approximate surface area is 179 Å². The molecule has 0 aliphatic carbocycles. The van der Waals surface area contributed by atoms with E-state index in [9.17, 15) is 9.18 Å². The average Bonchev–Trinajstić information content (AvgIpc) is 3.09. The summed E-state index contributed by atoms with van der Waals surface area (Å²) in [5.41, 5.74) is 6.41. The fraction of sp³-hybridized carbons (Fsp3) is 0.208. The van der Waals surface area contributed by atoms with Crippen LogP contribution in [0.3, 0.4) is 0 Å². The number of nitrogens with one attached hydrogen (secondary N) is 2. The van der Waals surface area contributed by atoms with Crippen molar-refractivity contribution in [3.8, 4) is 11.3 Å². The van der Waals surface area contributed by atoms with Gasteiger partial charge in [0, 0.05) is 35.1 Å². The lowest BCUT2D eigenvalue weighted by molar-refractivity contribution is 0.195. The molecule has 1 unspecified atom stereocenters. The second-order valence-electron chi connectivity index (χ2n) is 7.91. The van der Waals surface area contributed by atoms with E-state index in [2.05, 4.69) is 26.6 Å². The Morgan fingerprint density at radius 1 is 1.13 bits per heavy atom. The van der Waals surface area contributed by atoms with Crippen LogP contribution in [-0.4, -0.2) is 32.7 Å². The third kappa shape index (κ3) is 3.52. The number of benzene rings is 2. The fourth-order valence-corrected chi connectivity index (χ4v) is 4.17. The maximum atomic E-state index is 13.3. The summed E-state index contributed by atoms with van der Waals surface area (Å²) in [7, 11) is 0. The number of aromatic nitrogens is 3. The topological polar surface area (TPSA) is 73.9 Å². The molecular weight excluding hydrogens is 393 g/mol. The van der Waals surface area contributed by atoms with Gasteiger partial charge in [0.25, 0.3) is 0 Å². The van der Waals surface area contributed by atoms with Crippen LogP contribution in [-0.2, 0) is 6.42 Å². The number of halogens is 1. The number of urea groups is 1. The second kappa shape index (κ2) is 7.50. The Morgan fingerprint density at radius 3 is 2.71 bits per heavy atom. The van der Waals surface area contributed by atoms with Crippen molar-refractivity contribution in [2.45, 2.75) is 26.3 Å². The molecule has 5 rings (SSSR count). The highest BCUT2D eigenvalue weighted by molar-refractivity contribution is 5.99. The Kier molecular flexibility index (Phi) is 4.66. The van der Waals surface area contributed by atoms with Crippen LogP contribution in [0.25, 0.3) is 22.2 Å². The normalized spacial score (nSPS) is 14.8. The summed E-state index contributed by atoms with van der Waals surface area (Å²) in [6, 6.07) is 14.0. The molecular formula is C24H22FN5O. The third-order valence-corrected chi connectivity index (χ3v) is 5.90. The third-order valence-electron chi connectivity index (χ3n) is 5.90. The van der Waals surface area contributed by atoms with Gasteiger partial charge in [-0.25, -0.2) is 9.18 Å². The number of fused-ring (bicyclic) bond motifs is 2. The van der Waals surface area contributed by atoms with Crippen LogP contribution in [0.5, 0.6) is 0 Å². The number of aryl methyl sites for hydroxylation is 1. The molecule has 1 aliphatic rings. The van der Waals surface area contributed by atoms with Crippen molar-refractivity contribution in [1.82, 2.24) is 20.1 Å². The predicted molar refractivity (Wildman–Crippen MR) is 118 cm³/mol. The van der Waals surface area contributed by atoms with Gasteiger partial charge in [0.05, 0.1) is 11.6 Å². The number of hydrogen-bond donors (Lipinski definition) is 2. The number of anilines is 1. The van der Waals surface area contributed by atoms with E-state index in [1.165, 1.54) is 12.1 Å². The van der Waals surface area contributed by atoms with E-state index in [1.807, 2.05) is 32.0 Å². The fourth-order valence-electron chi connectivity index (χ4n) is 4.17. The minimum absolute atomic E-state index is 0.167. The van der Waals surface area contributed by atoms with Crippen molar-refractivity contribution in [3.63, 3.8) is 0 Å². The molecule has 0 fully saturated rings. The molecule has 4 aromatic rings. The van der Waals surface area contributed by atoms with Crippen molar-refractivity contribution in [3.05, 3.63) is 77.4 Å². The zero-order valence-corrected chi connectivity index (χ0v) is 17.3. The lowest BCUT2D eigenvalue weighted by Gasteiger charge is -2.28. The van der Waals surface area contributed by atoms with Gasteiger partial charge in [0.15, 0.2) is 0 Å². The van der Waals surface area contributed by atoms with E-state index >= 15 is 0 Å². The number of pyridine rings is 1. The Balaban J connectivity index is 1.48. The van der Waals surface area contributed by atoms with E-state index in [0.29, 0.717) is 13.0 Å². The molecule has 31 heavy (non-hydrogen) atoms. The minimum atomic E-state index is -0.285. The second-order valence-corrected chi connectivity index (χ2v) is 7.91. The molecule has 0 radical (unpaired) electrons. The zero-order valence-electron chi connectivity index (χ0n) is 17.3. The van der Waals surface area contributed by atoms with E-state index in [1.54, 1.807) is 23.2 Å². The van der Waals surface area contributed by atoms with Gasteiger partial charge in [-0.2, -0.15) is 5.10 Å². The zero-order chi connectivity index (χ0) is 21.5. The first-order chi connectivity index (χ1) is 15.0. The van der Waals surface area contributed by atoms with Gasteiger partial charge in [0.1, 0.15) is 11.5 Å². The first-order valence-electron chi connectivity index (χ1n) is 10.3. The van der Waals surface area contributed by atoms with Crippen LogP contribution in [0, 0.1) is 12.7 Å². The van der Waals surface area contributed by atoms with Crippen molar-refractivity contribution in [2.24, 2.45) is 0 Å². The largest absolute Gasteiger partial charge is 0.322 e. The number of carbonyl (C=O) groups excluding carboxylic acids is 1. The number of aromatic amines is 1. The summed E-state index contributed by atoms with van der Waals surface area (Å²) in [5, 5.41) is 11.6. The van der Waals surface area contributed by atoms with E-state index in [4.69, 9.17) is 0 Å². The summed E-state index contributed by atoms with van der Waals surface area (Å²) in [6.45, 7) is 4.47. The molecule has 3 heterocycles. The average molecular weight is 415 g/mol. The summed E-state index contributed by atoms with van der Waals surface area (Å²) in [4.78, 5) is 19.0. The van der Waals surface area contributed by atoms with Crippen molar-refractivity contribution in [2.75, 3.05) is 11.9 Å². The molecule has 1 aliphatic heterocycles. The molecule has 156 valence electrons. The van der Waals surface area contributed by atoms with Crippen molar-refractivity contribution >= 4 is 22.6 Å². The van der Waals surface area contributed by atoms with Crippen LogP contribution < -0.4 is 5.32 Å². The predicted octanol–water partition coefficient (Wildman–Crippen LogP) is 5.22. The molecule has 6 nitrogen and oxygen atoms in total. The van der Waals surface area contributed by atoms with Gasteiger partial charge in [-0.05, 0) is 67.8 Å². The van der Waals surface area contributed by atoms with E-state index < -0.39 is 0 Å². The first-order valence-corrected chi connectivity index (χ1v) is 10.3. The molecule has 1 atom stereocenters. The van der Waals surface area contributed by atoms with Gasteiger partial charge in [-0.1, -0.05) is 12.1 Å². The van der Waals surface area contributed by atoms with Gasteiger partial charge < -0.3 is 10.2 Å². The van der Waals surface area contributed by atoms with Crippen LogP contribution >= 0.6 is 0 Å². The maximum Gasteiger partial charge on any atom is 0.322 e. The summed E-state index contributed by atoms with van der Waals surface area (Å²) in [6.07, 6.45) is 2.49. The molecule has 2 aromatic carbocycles. The monoisotopic (exact) mass is 415 g/mol. The highest BCUT2D eigenvalue weighted by atomic mass is 19.1. The molecule has 0 saturated carbocycles. The quantitative estimate of drug-likeness (QED) is 0.482. The summed E-state index contributed by atoms with van der Waals surface area (Å²) >= 11 is 0. The van der Waals surface area contributed by atoms with Crippen molar-refractivity contribution in [1.29, 1.82) is 0 Å². The van der Waals surface area contributed by atoms with Crippen molar-refractivity contribution < 1.29 is 9.18 Å². The van der Waals surface area contributed by atoms with Gasteiger partial charge in [-0.3, -0.25) is 10.1 Å². The number of carbonyl (C=O) groups is 1. The number of hydrogen-bond acceptors (Lipinski definition) is 3. The molecule has 0 saturated heterocycles. The van der Waals surface area contributed by atoms with Crippen LogP contribution in [0.4, 0.5) is 14.9 Å². The molecule has 2 N–H and O–H groups in total. The van der Waals surface area contributed by atoms with Gasteiger partial charge >= 0.3 is 6.03 Å². The van der Waals surface area contributed by atoms with Gasteiger partial charge in [0.2, 0.25) is 0 Å². The van der Waals surface area contributed by atoms with Crippen LogP contribution in [0.15, 0.2) is 54.7 Å². The maximum absolute atomic E-state index is 13.3. The molecule has 2 aromatic heterocycles. The van der Waals surface area contributed by atoms with E-state index in [0.717, 1.165) is 44.7 Å². The smallest absolute Gasteiger partial charge is 0.317 e. The van der Waals surface area contributed by atoms with Gasteiger partial charge in [-0.15, -0.1) is 0 Å². The minimum Gasteiger partial charge on any atom is -0.317 e. The SMILES string of the molecule is Cc1cc(-c2n[nH]c3cc4c(cc23)CCN(C(C)c2ccc(F)cc2)C(=O)N4)ccn1. The lowest BCUT2D eigenvalue weighted by Crippen LogP contribution is -2.36. The Morgan fingerprint density at radius 2 is 1.94 bits per heavy atom. The van der Waals surface area contributed by atoms with Crippen LogP contribution in [0.1, 0.15) is 29.8 Å². The highest BCUT2D eigenvalue weighted by Crippen LogP contribution is 2.33. The molecule has 0 bridgehead atoms. The van der Waals surface area contributed by atoms with Crippen LogP contribution in [0.2, 0.25) is 0 Å². The summed E-state index contributed by atoms with van der Waals surface area (Å²) in [5.74, 6) is -0.285. The first kappa shape index (κ1) is 19.2. The lowest BCUT2D eigenvalue weighted by atomic mass is 10.0. The molecule has 2 amide bonds. The Hall–Kier alpha value is -3.74. The van der Waals surface area contributed by atoms with E-state index in [-0.39, 0.29) is 17.9 Å². The number of amides is 2. The summed E-state index contributed by atoms with van der Waals surface area (Å²) < 4.78 is 13.3. The number of nitrogens with zero attached hydrogens (tertiary/aromatic N) is 3.